The Morgan fingerprint density at radius 3 is 2.67 bits per heavy atom. The van der Waals surface area contributed by atoms with Gasteiger partial charge in [-0.3, -0.25) is 5.10 Å². The molecule has 0 bridgehead atoms. The van der Waals surface area contributed by atoms with Crippen molar-refractivity contribution < 1.29 is 0 Å². The molecule has 1 N–H and O–H groups in total. The van der Waals surface area contributed by atoms with E-state index in [1.165, 1.54) is 11.3 Å². The summed E-state index contributed by atoms with van der Waals surface area (Å²) < 4.78 is 1.74. The molecule has 0 aliphatic carbocycles. The van der Waals surface area contributed by atoms with Gasteiger partial charge in [-0.1, -0.05) is 30.5 Å². The summed E-state index contributed by atoms with van der Waals surface area (Å²) >= 11 is 7.88. The Morgan fingerprint density at radius 2 is 2.44 bits per heavy atom. The van der Waals surface area contributed by atoms with Crippen LogP contribution >= 0.6 is 35.3 Å². The molecule has 0 aromatic carbocycles. The number of thioether (sulfide) groups is 1. The molecule has 0 saturated carbocycles. The second-order valence-corrected chi connectivity index (χ2v) is 3.80. The van der Waals surface area contributed by atoms with E-state index in [1.54, 1.807) is 11.8 Å². The number of H-pyrrole nitrogens is 1. The van der Waals surface area contributed by atoms with Crippen LogP contribution in [-0.4, -0.2) is 16.5 Å². The molecule has 0 amide bonds. The lowest BCUT2D eigenvalue weighted by Gasteiger charge is -1.75. The second-order valence-electron chi connectivity index (χ2n) is 1.08. The number of aromatic nitrogens is 2. The lowest BCUT2D eigenvalue weighted by atomic mass is 11.6. The maximum Gasteiger partial charge on any atom is 0.177 e. The second kappa shape index (κ2) is 4.03. The van der Waals surface area contributed by atoms with Crippen molar-refractivity contribution in [3.05, 3.63) is 3.95 Å². The van der Waals surface area contributed by atoms with E-state index in [0.29, 0.717) is 0 Å². The molecule has 0 aliphatic rings. The van der Waals surface area contributed by atoms with Gasteiger partial charge in [-0.25, -0.2) is 0 Å². The molecule has 0 radical (unpaired) electrons. The van der Waals surface area contributed by atoms with Gasteiger partial charge in [0.25, 0.3) is 0 Å². The first-order valence-electron chi connectivity index (χ1n) is 1.92. The molecular weight excluding hydrogens is 172 g/mol. The Hall–Kier alpha value is 0.130. The molecule has 1 aromatic heterocycles. The number of hydrogen-bond acceptors (Lipinski definition) is 4. The molecule has 0 atom stereocenters. The molecule has 2 nitrogen and oxygen atoms in total. The molecule has 0 unspecified atom stereocenters. The molecule has 0 saturated heterocycles. The van der Waals surface area contributed by atoms with Gasteiger partial charge < -0.3 is 0 Å². The number of nitrogens with zero attached hydrogens (tertiary/aromatic N) is 1. The van der Waals surface area contributed by atoms with Gasteiger partial charge in [-0.2, -0.15) is 5.10 Å². The fourth-order valence-electron chi connectivity index (χ4n) is 0.304. The summed E-state index contributed by atoms with van der Waals surface area (Å²) in [7, 11) is 0. The summed E-state index contributed by atoms with van der Waals surface area (Å²) in [5.74, 6) is 0. The predicted octanol–water partition coefficient (Wildman–Crippen LogP) is 2.56. The molecule has 0 aliphatic heterocycles. The van der Waals surface area contributed by atoms with Gasteiger partial charge in [0.1, 0.15) is 0 Å². The average molecular weight is 180 g/mol. The highest BCUT2D eigenvalue weighted by Gasteiger charge is 1.89. The van der Waals surface area contributed by atoms with E-state index >= 15 is 0 Å². The van der Waals surface area contributed by atoms with Crippen molar-refractivity contribution in [3.8, 4) is 0 Å². The Bertz CT molecular complexity index is 214. The fraction of sp³-hybridized carbons (Fsp3) is 0.500. The van der Waals surface area contributed by atoms with Crippen LogP contribution in [0, 0.1) is 3.95 Å². The van der Waals surface area contributed by atoms with Crippen LogP contribution in [0.15, 0.2) is 4.34 Å². The van der Waals surface area contributed by atoms with E-state index in [9.17, 15) is 0 Å². The van der Waals surface area contributed by atoms with Crippen molar-refractivity contribution in [2.24, 2.45) is 0 Å². The largest absolute Gasteiger partial charge is 0.257 e. The molecule has 1 aromatic rings. The maximum absolute atomic E-state index is 4.79. The Kier molecular flexibility index (Phi) is 4.09. The van der Waals surface area contributed by atoms with Gasteiger partial charge in [-0.15, -0.1) is 0 Å². The van der Waals surface area contributed by atoms with E-state index < -0.39 is 0 Å². The normalized spacial score (nSPS) is 8.56. The summed E-state index contributed by atoms with van der Waals surface area (Å²) in [6, 6.07) is 0. The molecular formula is C4H8N2S3. The SMILES string of the molecule is C.CSc1n[nH]c(=S)s1. The molecule has 0 fully saturated rings. The highest BCUT2D eigenvalue weighted by Crippen LogP contribution is 2.15. The van der Waals surface area contributed by atoms with Crippen LogP contribution in [0.25, 0.3) is 0 Å². The van der Waals surface area contributed by atoms with Crippen LogP contribution in [0.2, 0.25) is 0 Å². The van der Waals surface area contributed by atoms with Crippen LogP contribution in [0.5, 0.6) is 0 Å². The van der Waals surface area contributed by atoms with Crippen molar-refractivity contribution >= 4 is 35.3 Å². The Labute approximate surface area is 67.7 Å². The third-order valence-electron chi connectivity index (χ3n) is 0.593. The Morgan fingerprint density at radius 1 is 1.78 bits per heavy atom. The third kappa shape index (κ3) is 2.47. The van der Waals surface area contributed by atoms with Crippen molar-refractivity contribution in [2.45, 2.75) is 11.8 Å². The van der Waals surface area contributed by atoms with Crippen molar-refractivity contribution in [2.75, 3.05) is 6.26 Å². The van der Waals surface area contributed by atoms with Crippen LogP contribution in [-0.2, 0) is 0 Å². The summed E-state index contributed by atoms with van der Waals surface area (Å²) in [5.41, 5.74) is 0. The monoisotopic (exact) mass is 180 g/mol. The minimum Gasteiger partial charge on any atom is -0.257 e. The van der Waals surface area contributed by atoms with Crippen molar-refractivity contribution in [3.63, 3.8) is 0 Å². The fourth-order valence-corrected chi connectivity index (χ4v) is 1.81. The number of nitrogens with one attached hydrogen (secondary N) is 1. The minimum atomic E-state index is 0. The number of aromatic amines is 1. The quantitative estimate of drug-likeness (QED) is 0.532. The van der Waals surface area contributed by atoms with E-state index in [0.717, 1.165) is 8.29 Å². The third-order valence-corrected chi connectivity index (χ3v) is 2.67. The van der Waals surface area contributed by atoms with Gasteiger partial charge in [-0.05, 0) is 18.5 Å². The first-order valence-corrected chi connectivity index (χ1v) is 4.37. The summed E-state index contributed by atoms with van der Waals surface area (Å²) in [4.78, 5) is 0. The topological polar surface area (TPSA) is 28.7 Å². The van der Waals surface area contributed by atoms with Crippen LogP contribution in [0.1, 0.15) is 7.43 Å². The standard InChI is InChI=1S/C3H4N2S3.CH4/c1-7-3-5-4-2(6)8-3;/h1H3,(H,4,6);1H4. The van der Waals surface area contributed by atoms with E-state index in [2.05, 4.69) is 10.2 Å². The van der Waals surface area contributed by atoms with Gasteiger partial charge in [0.15, 0.2) is 8.29 Å². The van der Waals surface area contributed by atoms with Crippen molar-refractivity contribution in [1.82, 2.24) is 10.2 Å². The Balaban J connectivity index is 0.000000640. The minimum absolute atomic E-state index is 0. The van der Waals surface area contributed by atoms with Crippen LogP contribution < -0.4 is 0 Å². The number of hydrogen-bond donors (Lipinski definition) is 1. The van der Waals surface area contributed by atoms with E-state index in [4.69, 9.17) is 12.2 Å². The molecule has 0 spiro atoms. The van der Waals surface area contributed by atoms with E-state index in [1.807, 2.05) is 6.26 Å². The molecule has 52 valence electrons. The molecule has 1 rings (SSSR count). The molecule has 5 heteroatoms. The zero-order valence-corrected chi connectivity index (χ0v) is 6.62. The summed E-state index contributed by atoms with van der Waals surface area (Å²) in [6.45, 7) is 0. The van der Waals surface area contributed by atoms with Gasteiger partial charge >= 0.3 is 0 Å². The number of rotatable bonds is 1. The lowest BCUT2D eigenvalue weighted by molar-refractivity contribution is 1.00. The van der Waals surface area contributed by atoms with Crippen molar-refractivity contribution in [1.29, 1.82) is 0 Å². The summed E-state index contributed by atoms with van der Waals surface area (Å²) in [5, 5.41) is 6.57. The van der Waals surface area contributed by atoms with Crippen LogP contribution in [0.4, 0.5) is 0 Å². The molecule has 1 heterocycles. The van der Waals surface area contributed by atoms with Crippen LogP contribution in [0.3, 0.4) is 0 Å². The average Bonchev–Trinajstić information content (AvgIpc) is 2.14. The maximum atomic E-state index is 4.79. The van der Waals surface area contributed by atoms with Gasteiger partial charge in [0.2, 0.25) is 0 Å². The van der Waals surface area contributed by atoms with E-state index in [-0.39, 0.29) is 7.43 Å². The van der Waals surface area contributed by atoms with Gasteiger partial charge in [0, 0.05) is 0 Å². The first-order chi connectivity index (χ1) is 3.83. The zero-order chi connectivity index (χ0) is 5.98. The van der Waals surface area contributed by atoms with Gasteiger partial charge in [0.05, 0.1) is 0 Å². The highest BCUT2D eigenvalue weighted by atomic mass is 32.2. The molecule has 9 heavy (non-hydrogen) atoms. The highest BCUT2D eigenvalue weighted by molar-refractivity contribution is 8.00. The summed E-state index contributed by atoms with van der Waals surface area (Å²) in [6.07, 6.45) is 1.97. The first kappa shape index (κ1) is 9.13. The smallest absolute Gasteiger partial charge is 0.177 e. The zero-order valence-electron chi connectivity index (χ0n) is 4.17. The lowest BCUT2D eigenvalue weighted by Crippen LogP contribution is -1.65. The predicted molar refractivity (Wildman–Crippen MR) is 45.8 cm³/mol.